The molecule has 4 aromatic rings. The lowest BCUT2D eigenvalue weighted by atomic mass is 10.1. The Morgan fingerprint density at radius 1 is 1.10 bits per heavy atom. The van der Waals surface area contributed by atoms with Gasteiger partial charge in [0, 0.05) is 18.2 Å². The molecule has 0 bridgehead atoms. The van der Waals surface area contributed by atoms with Crippen LogP contribution in [-0.4, -0.2) is 38.0 Å². The molecule has 2 N–H and O–H groups in total. The normalized spacial score (nSPS) is 18.6. The first-order valence-electron chi connectivity index (χ1n) is 9.76. The van der Waals surface area contributed by atoms with Crippen LogP contribution >= 0.6 is 11.3 Å². The van der Waals surface area contributed by atoms with Crippen molar-refractivity contribution in [2.24, 2.45) is 0 Å². The first kappa shape index (κ1) is 18.7. The van der Waals surface area contributed by atoms with E-state index >= 15 is 0 Å². The Kier molecular flexibility index (Phi) is 4.88. The van der Waals surface area contributed by atoms with E-state index in [1.165, 1.54) is 28.3 Å². The van der Waals surface area contributed by atoms with Gasteiger partial charge < -0.3 is 10.6 Å². The molecule has 30 heavy (non-hydrogen) atoms. The maximum absolute atomic E-state index is 13.4. The summed E-state index contributed by atoms with van der Waals surface area (Å²) in [7, 11) is 0. The number of carbonyl (C=O) groups excluding carboxylic acids is 1. The van der Waals surface area contributed by atoms with Crippen LogP contribution in [0.4, 0.5) is 9.52 Å². The quantitative estimate of drug-likeness (QED) is 0.511. The molecule has 2 aromatic heterocycles. The summed E-state index contributed by atoms with van der Waals surface area (Å²) in [5.74, 6) is -0.455. The van der Waals surface area contributed by atoms with Crippen LogP contribution in [0.15, 0.2) is 54.9 Å². The van der Waals surface area contributed by atoms with Gasteiger partial charge in [0.05, 0.1) is 33.9 Å². The van der Waals surface area contributed by atoms with Crippen LogP contribution in [0.3, 0.4) is 0 Å². The van der Waals surface area contributed by atoms with Gasteiger partial charge in [0.15, 0.2) is 5.13 Å². The zero-order chi connectivity index (χ0) is 20.5. The zero-order valence-electron chi connectivity index (χ0n) is 16.0. The number of aromatic nitrogens is 4. The number of halogens is 1. The number of amides is 1. The molecule has 1 saturated carbocycles. The van der Waals surface area contributed by atoms with Crippen molar-refractivity contribution in [3.63, 3.8) is 0 Å². The number of hydrogen-bond donors (Lipinski definition) is 2. The maximum atomic E-state index is 13.4. The minimum Gasteiger partial charge on any atom is -0.357 e. The van der Waals surface area contributed by atoms with Crippen LogP contribution in [0.25, 0.3) is 15.9 Å². The number of nitrogens with one attached hydrogen (secondary N) is 2. The molecule has 1 fully saturated rings. The van der Waals surface area contributed by atoms with Crippen molar-refractivity contribution in [2.45, 2.75) is 31.3 Å². The van der Waals surface area contributed by atoms with E-state index in [1.54, 1.807) is 24.5 Å². The molecule has 9 heteroatoms. The Hall–Kier alpha value is -3.33. The van der Waals surface area contributed by atoms with Crippen LogP contribution < -0.4 is 10.6 Å². The second-order valence-corrected chi connectivity index (χ2v) is 8.26. The third kappa shape index (κ3) is 3.63. The summed E-state index contributed by atoms with van der Waals surface area (Å²) in [6.07, 6.45) is 5.97. The summed E-state index contributed by atoms with van der Waals surface area (Å²) < 4.78 is 14.4. The fraction of sp³-hybridized carbons (Fsp3) is 0.238. The number of rotatable bonds is 5. The molecular formula is C21H19FN6OS. The zero-order valence-corrected chi connectivity index (χ0v) is 16.8. The van der Waals surface area contributed by atoms with Gasteiger partial charge in [-0.05, 0) is 43.5 Å². The molecule has 2 atom stereocenters. The first-order valence-corrected chi connectivity index (χ1v) is 10.6. The minimum absolute atomic E-state index is 0.0279. The molecule has 0 radical (unpaired) electrons. The number of fused-ring (bicyclic) bond motifs is 1. The molecule has 7 nitrogen and oxygen atoms in total. The number of anilines is 1. The minimum atomic E-state index is -0.296. The van der Waals surface area contributed by atoms with Crippen LogP contribution in [-0.2, 0) is 0 Å². The van der Waals surface area contributed by atoms with Crippen molar-refractivity contribution >= 4 is 32.6 Å². The summed E-state index contributed by atoms with van der Waals surface area (Å²) in [4.78, 5) is 19.0. The molecule has 2 aromatic carbocycles. The van der Waals surface area contributed by atoms with Crippen LogP contribution in [0, 0.1) is 5.82 Å². The van der Waals surface area contributed by atoms with Gasteiger partial charge in [0.25, 0.3) is 5.91 Å². The van der Waals surface area contributed by atoms with Gasteiger partial charge in [-0.2, -0.15) is 15.0 Å². The molecule has 1 amide bonds. The number of carbonyl (C=O) groups is 1. The van der Waals surface area contributed by atoms with Crippen LogP contribution in [0.1, 0.15) is 29.6 Å². The Labute approximate surface area is 175 Å². The molecule has 152 valence electrons. The fourth-order valence-corrected chi connectivity index (χ4v) is 4.76. The molecule has 5 rings (SSSR count). The van der Waals surface area contributed by atoms with Crippen molar-refractivity contribution in [1.29, 1.82) is 0 Å². The third-order valence-electron chi connectivity index (χ3n) is 5.27. The Bertz CT molecular complexity index is 1190. The van der Waals surface area contributed by atoms with E-state index in [2.05, 4.69) is 25.8 Å². The molecule has 2 heterocycles. The second kappa shape index (κ2) is 7.83. The molecule has 1 aliphatic carbocycles. The van der Waals surface area contributed by atoms with Gasteiger partial charge in [0.2, 0.25) is 0 Å². The number of para-hydroxylation sites is 1. The Balaban J connectivity index is 1.33. The highest BCUT2D eigenvalue weighted by Crippen LogP contribution is 2.30. The lowest BCUT2D eigenvalue weighted by molar-refractivity contribution is 0.0935. The van der Waals surface area contributed by atoms with Gasteiger partial charge in [-0.15, -0.1) is 0 Å². The van der Waals surface area contributed by atoms with Gasteiger partial charge in [-0.3, -0.25) is 4.79 Å². The smallest absolute Gasteiger partial charge is 0.253 e. The van der Waals surface area contributed by atoms with Gasteiger partial charge in [-0.1, -0.05) is 23.5 Å². The fourth-order valence-electron chi connectivity index (χ4n) is 3.85. The average Bonchev–Trinajstić information content (AvgIpc) is 3.49. The molecule has 0 spiro atoms. The number of nitrogens with zero attached hydrogens (tertiary/aromatic N) is 4. The third-order valence-corrected chi connectivity index (χ3v) is 6.24. The van der Waals surface area contributed by atoms with E-state index in [-0.39, 0.29) is 23.8 Å². The van der Waals surface area contributed by atoms with Crippen molar-refractivity contribution in [3.8, 4) is 5.69 Å². The van der Waals surface area contributed by atoms with Gasteiger partial charge in [0.1, 0.15) is 5.82 Å². The molecule has 0 aliphatic heterocycles. The predicted octanol–water partition coefficient (Wildman–Crippen LogP) is 3.78. The first-order chi connectivity index (χ1) is 14.7. The van der Waals surface area contributed by atoms with E-state index in [0.717, 1.165) is 29.1 Å². The molecular weight excluding hydrogens is 403 g/mol. The van der Waals surface area contributed by atoms with Crippen molar-refractivity contribution in [3.05, 3.63) is 66.2 Å². The van der Waals surface area contributed by atoms with E-state index < -0.39 is 0 Å². The highest BCUT2D eigenvalue weighted by molar-refractivity contribution is 7.22. The van der Waals surface area contributed by atoms with E-state index in [1.807, 2.05) is 18.2 Å². The summed E-state index contributed by atoms with van der Waals surface area (Å²) >= 11 is 1.49. The Morgan fingerprint density at radius 2 is 1.90 bits per heavy atom. The lowest BCUT2D eigenvalue weighted by Crippen LogP contribution is -2.43. The SMILES string of the molecule is O=C(N[C@H]1CCC[C@H]1Nc1nc2cc(F)ccc2s1)c1ccccc1-n1nccn1. The van der Waals surface area contributed by atoms with Crippen molar-refractivity contribution in [2.75, 3.05) is 5.32 Å². The Morgan fingerprint density at radius 3 is 2.77 bits per heavy atom. The second-order valence-electron chi connectivity index (χ2n) is 7.23. The van der Waals surface area contributed by atoms with E-state index in [4.69, 9.17) is 0 Å². The highest BCUT2D eigenvalue weighted by Gasteiger charge is 2.30. The number of hydrogen-bond acceptors (Lipinski definition) is 6. The predicted molar refractivity (Wildman–Crippen MR) is 113 cm³/mol. The van der Waals surface area contributed by atoms with Gasteiger partial charge >= 0.3 is 0 Å². The summed E-state index contributed by atoms with van der Waals surface area (Å²) in [6, 6.07) is 11.9. The lowest BCUT2D eigenvalue weighted by Gasteiger charge is -2.22. The van der Waals surface area contributed by atoms with Crippen molar-refractivity contribution < 1.29 is 9.18 Å². The monoisotopic (exact) mass is 422 g/mol. The van der Waals surface area contributed by atoms with Crippen molar-refractivity contribution in [1.82, 2.24) is 25.3 Å². The topological polar surface area (TPSA) is 84.7 Å². The van der Waals surface area contributed by atoms with E-state index in [9.17, 15) is 9.18 Å². The number of thiazole rings is 1. The van der Waals surface area contributed by atoms with Crippen LogP contribution in [0.5, 0.6) is 0 Å². The maximum Gasteiger partial charge on any atom is 0.253 e. The highest BCUT2D eigenvalue weighted by atomic mass is 32.1. The standard InChI is InChI=1S/C21H19FN6OS/c22-13-8-9-19-17(12-13)27-21(30-19)26-16-6-3-5-15(16)25-20(29)14-4-1-2-7-18(14)28-23-10-11-24-28/h1-2,4,7-12,15-16H,3,5-6H2,(H,25,29)(H,26,27)/t15-,16+/m0/s1. The van der Waals surface area contributed by atoms with Crippen LogP contribution in [0.2, 0.25) is 0 Å². The number of benzene rings is 2. The summed E-state index contributed by atoms with van der Waals surface area (Å²) in [5, 5.41) is 15.6. The molecule has 1 aliphatic rings. The van der Waals surface area contributed by atoms with E-state index in [0.29, 0.717) is 16.8 Å². The largest absolute Gasteiger partial charge is 0.357 e. The summed E-state index contributed by atoms with van der Waals surface area (Å²) in [5.41, 5.74) is 1.80. The molecule has 0 saturated heterocycles. The average molecular weight is 422 g/mol. The molecule has 0 unspecified atom stereocenters. The summed E-state index contributed by atoms with van der Waals surface area (Å²) in [6.45, 7) is 0. The van der Waals surface area contributed by atoms with Gasteiger partial charge in [-0.25, -0.2) is 9.37 Å².